The Morgan fingerprint density at radius 1 is 1.09 bits per heavy atom. The highest BCUT2D eigenvalue weighted by atomic mass is 16.5. The average molecular weight is 299 g/mol. The Balaban J connectivity index is 1.95. The van der Waals surface area contributed by atoms with Crippen molar-refractivity contribution in [2.24, 2.45) is 0 Å². The van der Waals surface area contributed by atoms with E-state index in [2.05, 4.69) is 5.32 Å². The van der Waals surface area contributed by atoms with Crippen LogP contribution in [0, 0.1) is 0 Å². The first-order chi connectivity index (χ1) is 10.6. The molecular formula is C18H21NO3. The van der Waals surface area contributed by atoms with E-state index >= 15 is 0 Å². The summed E-state index contributed by atoms with van der Waals surface area (Å²) in [6.07, 6.45) is 0.129. The van der Waals surface area contributed by atoms with Gasteiger partial charge in [0.25, 0.3) is 5.91 Å². The van der Waals surface area contributed by atoms with Gasteiger partial charge in [0.1, 0.15) is 11.5 Å². The minimum absolute atomic E-state index is 0.113. The maximum absolute atomic E-state index is 12.1. The molecule has 116 valence electrons. The van der Waals surface area contributed by atoms with E-state index < -0.39 is 0 Å². The van der Waals surface area contributed by atoms with E-state index in [9.17, 15) is 4.79 Å². The van der Waals surface area contributed by atoms with Crippen LogP contribution in [0.1, 0.15) is 29.8 Å². The molecule has 2 aromatic rings. The Kier molecular flexibility index (Phi) is 5.42. The normalized spacial score (nSPS) is 10.4. The molecule has 22 heavy (non-hydrogen) atoms. The van der Waals surface area contributed by atoms with Crippen molar-refractivity contribution in [3.8, 4) is 11.5 Å². The number of rotatable bonds is 6. The van der Waals surface area contributed by atoms with Crippen molar-refractivity contribution in [2.45, 2.75) is 26.5 Å². The lowest BCUT2D eigenvalue weighted by atomic mass is 10.2. The average Bonchev–Trinajstić information content (AvgIpc) is 2.52. The summed E-state index contributed by atoms with van der Waals surface area (Å²) in [5, 5.41) is 2.90. The van der Waals surface area contributed by atoms with Crippen molar-refractivity contribution >= 4 is 5.91 Å². The quantitative estimate of drug-likeness (QED) is 0.889. The Hall–Kier alpha value is -2.49. The summed E-state index contributed by atoms with van der Waals surface area (Å²) in [7, 11) is 1.60. The number of benzene rings is 2. The number of carbonyl (C=O) groups is 1. The van der Waals surface area contributed by atoms with E-state index in [0.29, 0.717) is 12.1 Å². The fourth-order valence-electron chi connectivity index (χ4n) is 2.03. The molecule has 0 atom stereocenters. The number of nitrogens with one attached hydrogen (secondary N) is 1. The topological polar surface area (TPSA) is 47.6 Å². The van der Waals surface area contributed by atoms with Crippen LogP contribution in [0.25, 0.3) is 0 Å². The van der Waals surface area contributed by atoms with Crippen molar-refractivity contribution in [1.29, 1.82) is 0 Å². The summed E-state index contributed by atoms with van der Waals surface area (Å²) < 4.78 is 10.7. The molecule has 0 aromatic heterocycles. The zero-order valence-corrected chi connectivity index (χ0v) is 13.1. The third-order valence-corrected chi connectivity index (χ3v) is 3.08. The lowest BCUT2D eigenvalue weighted by Gasteiger charge is -2.11. The number of hydrogen-bond acceptors (Lipinski definition) is 3. The lowest BCUT2D eigenvalue weighted by Crippen LogP contribution is -2.22. The fraction of sp³-hybridized carbons (Fsp3) is 0.278. The molecule has 4 heteroatoms. The second-order valence-electron chi connectivity index (χ2n) is 5.23. The Morgan fingerprint density at radius 2 is 1.82 bits per heavy atom. The first-order valence-corrected chi connectivity index (χ1v) is 7.26. The molecule has 0 aliphatic carbocycles. The summed E-state index contributed by atoms with van der Waals surface area (Å²) in [4.78, 5) is 12.1. The van der Waals surface area contributed by atoms with Gasteiger partial charge in [0.05, 0.1) is 13.2 Å². The fourth-order valence-corrected chi connectivity index (χ4v) is 2.03. The van der Waals surface area contributed by atoms with Crippen molar-refractivity contribution < 1.29 is 14.3 Å². The van der Waals surface area contributed by atoms with Gasteiger partial charge in [-0.15, -0.1) is 0 Å². The van der Waals surface area contributed by atoms with Crippen molar-refractivity contribution in [3.63, 3.8) is 0 Å². The van der Waals surface area contributed by atoms with Crippen molar-refractivity contribution in [1.82, 2.24) is 5.32 Å². The molecule has 1 amide bonds. The Bertz CT molecular complexity index is 620. The number of methoxy groups -OCH3 is 1. The molecule has 4 nitrogen and oxygen atoms in total. The van der Waals surface area contributed by atoms with Crippen molar-refractivity contribution in [2.75, 3.05) is 7.11 Å². The van der Waals surface area contributed by atoms with E-state index in [1.54, 1.807) is 31.4 Å². The van der Waals surface area contributed by atoms with Crippen LogP contribution in [-0.2, 0) is 6.54 Å². The van der Waals surface area contributed by atoms with Gasteiger partial charge in [-0.3, -0.25) is 4.79 Å². The zero-order chi connectivity index (χ0) is 15.9. The molecule has 0 saturated heterocycles. The van der Waals surface area contributed by atoms with Crippen molar-refractivity contribution in [3.05, 3.63) is 59.7 Å². The minimum Gasteiger partial charge on any atom is -0.497 e. The predicted molar refractivity (Wildman–Crippen MR) is 86.4 cm³/mol. The number of ether oxygens (including phenoxy) is 2. The summed E-state index contributed by atoms with van der Waals surface area (Å²) in [6, 6.07) is 14.8. The minimum atomic E-state index is -0.113. The molecule has 0 aliphatic rings. The van der Waals surface area contributed by atoms with Gasteiger partial charge in [-0.25, -0.2) is 0 Å². The Labute approximate surface area is 131 Å². The largest absolute Gasteiger partial charge is 0.497 e. The third kappa shape index (κ3) is 4.52. The molecule has 0 heterocycles. The van der Waals surface area contributed by atoms with Crippen LogP contribution >= 0.6 is 0 Å². The smallest absolute Gasteiger partial charge is 0.251 e. The van der Waals surface area contributed by atoms with Crippen LogP contribution in [0.5, 0.6) is 11.5 Å². The highest BCUT2D eigenvalue weighted by molar-refractivity contribution is 5.94. The van der Waals surface area contributed by atoms with Crippen LogP contribution in [0.3, 0.4) is 0 Å². The molecular weight excluding hydrogens is 278 g/mol. The van der Waals surface area contributed by atoms with Gasteiger partial charge in [-0.1, -0.05) is 12.1 Å². The highest BCUT2D eigenvalue weighted by Crippen LogP contribution is 2.15. The van der Waals surface area contributed by atoms with Gasteiger partial charge in [0.15, 0.2) is 0 Å². The van der Waals surface area contributed by atoms with E-state index in [4.69, 9.17) is 9.47 Å². The maximum atomic E-state index is 12.1. The molecule has 0 fully saturated rings. The third-order valence-electron chi connectivity index (χ3n) is 3.08. The zero-order valence-electron chi connectivity index (χ0n) is 13.1. The summed E-state index contributed by atoms with van der Waals surface area (Å²) in [5.41, 5.74) is 1.61. The number of carbonyl (C=O) groups excluding carboxylic acids is 1. The molecule has 2 aromatic carbocycles. The van der Waals surface area contributed by atoms with E-state index in [1.165, 1.54) is 0 Å². The molecule has 0 radical (unpaired) electrons. The van der Waals surface area contributed by atoms with Gasteiger partial charge < -0.3 is 14.8 Å². The van der Waals surface area contributed by atoms with Gasteiger partial charge in [0, 0.05) is 12.1 Å². The Morgan fingerprint density at radius 3 is 2.45 bits per heavy atom. The van der Waals surface area contributed by atoms with Crippen LogP contribution in [0.4, 0.5) is 0 Å². The molecule has 0 bridgehead atoms. The van der Waals surface area contributed by atoms with Gasteiger partial charge in [0.2, 0.25) is 0 Å². The van der Waals surface area contributed by atoms with E-state index in [-0.39, 0.29) is 12.0 Å². The van der Waals surface area contributed by atoms with Crippen LogP contribution in [0.2, 0.25) is 0 Å². The van der Waals surface area contributed by atoms with Crippen LogP contribution in [0.15, 0.2) is 48.5 Å². The lowest BCUT2D eigenvalue weighted by molar-refractivity contribution is 0.0950. The highest BCUT2D eigenvalue weighted by Gasteiger charge is 2.06. The molecule has 0 saturated carbocycles. The van der Waals surface area contributed by atoms with Crippen LogP contribution in [-0.4, -0.2) is 19.1 Å². The van der Waals surface area contributed by atoms with E-state index in [1.807, 2.05) is 38.1 Å². The predicted octanol–water partition coefficient (Wildman–Crippen LogP) is 3.41. The summed E-state index contributed by atoms with van der Waals surface area (Å²) in [5.74, 6) is 1.43. The second-order valence-corrected chi connectivity index (χ2v) is 5.23. The molecule has 0 aliphatic heterocycles. The van der Waals surface area contributed by atoms with Crippen LogP contribution < -0.4 is 14.8 Å². The van der Waals surface area contributed by atoms with Gasteiger partial charge in [-0.2, -0.15) is 0 Å². The first-order valence-electron chi connectivity index (χ1n) is 7.26. The molecule has 1 N–H and O–H groups in total. The standard InChI is InChI=1S/C18H21NO3/c1-13(2)22-17-6-4-5-14(11-17)12-19-18(20)15-7-9-16(21-3)10-8-15/h4-11,13H,12H2,1-3H3,(H,19,20). The SMILES string of the molecule is COc1ccc(C(=O)NCc2cccc(OC(C)C)c2)cc1. The number of hydrogen-bond donors (Lipinski definition) is 1. The monoisotopic (exact) mass is 299 g/mol. The first kappa shape index (κ1) is 15.9. The summed E-state index contributed by atoms with van der Waals surface area (Å²) >= 11 is 0. The molecule has 0 unspecified atom stereocenters. The van der Waals surface area contributed by atoms with E-state index in [0.717, 1.165) is 17.1 Å². The molecule has 2 rings (SSSR count). The summed E-state index contributed by atoms with van der Waals surface area (Å²) in [6.45, 7) is 4.43. The van der Waals surface area contributed by atoms with Gasteiger partial charge >= 0.3 is 0 Å². The number of amides is 1. The second kappa shape index (κ2) is 7.50. The maximum Gasteiger partial charge on any atom is 0.251 e. The molecule has 0 spiro atoms. The van der Waals surface area contributed by atoms with Gasteiger partial charge in [-0.05, 0) is 55.8 Å².